The Bertz CT molecular complexity index is 436. The number of hydrogen-bond donors (Lipinski definition) is 1. The molecule has 4 nitrogen and oxygen atoms in total. The van der Waals surface area contributed by atoms with E-state index in [1.54, 1.807) is 18.2 Å². The van der Waals surface area contributed by atoms with Gasteiger partial charge in [0.15, 0.2) is 0 Å². The van der Waals surface area contributed by atoms with E-state index in [4.69, 9.17) is 15.2 Å². The van der Waals surface area contributed by atoms with Crippen LogP contribution in [0.3, 0.4) is 0 Å². The lowest BCUT2D eigenvalue weighted by atomic mass is 10.1. The molecule has 0 radical (unpaired) electrons. The van der Waals surface area contributed by atoms with E-state index in [-0.39, 0.29) is 12.1 Å². The molecule has 0 aliphatic carbocycles. The third-order valence-corrected chi connectivity index (χ3v) is 2.77. The molecule has 4 heteroatoms. The Balaban J connectivity index is 1.86. The zero-order chi connectivity index (χ0) is 12.8. The maximum atomic E-state index is 11.6. The van der Waals surface area contributed by atoms with Crippen molar-refractivity contribution in [3.8, 4) is 0 Å². The van der Waals surface area contributed by atoms with Gasteiger partial charge in [0.05, 0.1) is 13.2 Å². The first kappa shape index (κ1) is 12.6. The molecule has 0 unspecified atom stereocenters. The highest BCUT2D eigenvalue weighted by molar-refractivity contribution is 5.87. The maximum Gasteiger partial charge on any atom is 0.331 e. The van der Waals surface area contributed by atoms with Crippen LogP contribution in [0.5, 0.6) is 0 Å². The van der Waals surface area contributed by atoms with Gasteiger partial charge in [-0.3, -0.25) is 0 Å². The minimum atomic E-state index is -0.315. The summed E-state index contributed by atoms with van der Waals surface area (Å²) in [5.41, 5.74) is 7.21. The summed E-state index contributed by atoms with van der Waals surface area (Å²) in [6, 6.07) is 7.34. The van der Waals surface area contributed by atoms with Gasteiger partial charge in [0.25, 0.3) is 0 Å². The molecule has 0 spiro atoms. The van der Waals surface area contributed by atoms with Crippen LogP contribution in [-0.2, 0) is 14.3 Å². The summed E-state index contributed by atoms with van der Waals surface area (Å²) in [7, 11) is 0. The molecule has 1 heterocycles. The highest BCUT2D eigenvalue weighted by atomic mass is 16.5. The molecule has 1 aromatic rings. The summed E-state index contributed by atoms with van der Waals surface area (Å²) < 4.78 is 10.5. The molecular weight excluding hydrogens is 230 g/mol. The Kier molecular flexibility index (Phi) is 4.36. The summed E-state index contributed by atoms with van der Waals surface area (Å²) in [5, 5.41) is 0. The van der Waals surface area contributed by atoms with Gasteiger partial charge < -0.3 is 15.2 Å². The van der Waals surface area contributed by atoms with Crippen molar-refractivity contribution in [3.05, 3.63) is 35.9 Å². The molecule has 0 bridgehead atoms. The lowest BCUT2D eigenvalue weighted by Crippen LogP contribution is -2.25. The van der Waals surface area contributed by atoms with Gasteiger partial charge in [0.1, 0.15) is 6.10 Å². The number of carbonyl (C=O) groups excluding carboxylic acids is 1. The average molecular weight is 247 g/mol. The van der Waals surface area contributed by atoms with Crippen molar-refractivity contribution in [2.75, 3.05) is 18.9 Å². The van der Waals surface area contributed by atoms with Gasteiger partial charge in [0, 0.05) is 24.6 Å². The fraction of sp³-hybridized carbons (Fsp3) is 0.357. The summed E-state index contributed by atoms with van der Waals surface area (Å²) in [4.78, 5) is 11.6. The van der Waals surface area contributed by atoms with Crippen molar-refractivity contribution < 1.29 is 14.3 Å². The highest BCUT2D eigenvalue weighted by Crippen LogP contribution is 2.12. The smallest absolute Gasteiger partial charge is 0.331 e. The molecule has 1 aliphatic heterocycles. The first-order valence-electron chi connectivity index (χ1n) is 6.06. The second-order valence-electron chi connectivity index (χ2n) is 4.25. The predicted octanol–water partition coefficient (Wildman–Crippen LogP) is 2.00. The van der Waals surface area contributed by atoms with Crippen LogP contribution in [-0.4, -0.2) is 25.3 Å². The monoisotopic (exact) mass is 247 g/mol. The molecule has 18 heavy (non-hydrogen) atoms. The standard InChI is InChI=1S/C14H17NO3/c15-12-3-1-2-11(10-12)4-5-14(16)18-13-6-8-17-9-7-13/h1-5,10,13H,6-9,15H2/b5-4+. The van der Waals surface area contributed by atoms with E-state index in [1.807, 2.05) is 12.1 Å². The molecular formula is C14H17NO3. The highest BCUT2D eigenvalue weighted by Gasteiger charge is 2.16. The largest absolute Gasteiger partial charge is 0.459 e. The zero-order valence-electron chi connectivity index (χ0n) is 10.2. The lowest BCUT2D eigenvalue weighted by Gasteiger charge is -2.21. The van der Waals surface area contributed by atoms with E-state index in [0.29, 0.717) is 18.9 Å². The Hall–Kier alpha value is -1.81. The molecule has 1 aliphatic rings. The third-order valence-electron chi connectivity index (χ3n) is 2.77. The number of rotatable bonds is 3. The van der Waals surface area contributed by atoms with Gasteiger partial charge in [-0.25, -0.2) is 4.79 Å². The molecule has 1 saturated heterocycles. The molecule has 1 fully saturated rings. The summed E-state index contributed by atoms with van der Waals surface area (Å²) in [6.07, 6.45) is 4.68. The second-order valence-corrected chi connectivity index (χ2v) is 4.25. The third kappa shape index (κ3) is 3.89. The summed E-state index contributed by atoms with van der Waals surface area (Å²) in [6.45, 7) is 1.33. The SMILES string of the molecule is Nc1cccc(/C=C/C(=O)OC2CCOCC2)c1. The van der Waals surface area contributed by atoms with Crippen molar-refractivity contribution in [1.29, 1.82) is 0 Å². The van der Waals surface area contributed by atoms with Gasteiger partial charge in [-0.15, -0.1) is 0 Å². The van der Waals surface area contributed by atoms with Crippen LogP contribution in [0.15, 0.2) is 30.3 Å². The first-order valence-corrected chi connectivity index (χ1v) is 6.06. The molecule has 2 rings (SSSR count). The fourth-order valence-corrected chi connectivity index (χ4v) is 1.82. The number of esters is 1. The number of hydrogen-bond acceptors (Lipinski definition) is 4. The van der Waals surface area contributed by atoms with Crippen molar-refractivity contribution in [2.45, 2.75) is 18.9 Å². The van der Waals surface area contributed by atoms with Gasteiger partial charge >= 0.3 is 5.97 Å². The predicted molar refractivity (Wildman–Crippen MR) is 69.8 cm³/mol. The first-order chi connectivity index (χ1) is 8.74. The fourth-order valence-electron chi connectivity index (χ4n) is 1.82. The maximum absolute atomic E-state index is 11.6. The van der Waals surface area contributed by atoms with Gasteiger partial charge in [0.2, 0.25) is 0 Å². The van der Waals surface area contributed by atoms with E-state index in [1.165, 1.54) is 6.08 Å². The average Bonchev–Trinajstić information content (AvgIpc) is 2.38. The number of nitrogens with two attached hydrogens (primary N) is 1. The minimum Gasteiger partial charge on any atom is -0.459 e. The van der Waals surface area contributed by atoms with Crippen molar-refractivity contribution in [2.24, 2.45) is 0 Å². The van der Waals surface area contributed by atoms with E-state index in [0.717, 1.165) is 18.4 Å². The van der Waals surface area contributed by atoms with Crippen LogP contribution in [0.4, 0.5) is 5.69 Å². The topological polar surface area (TPSA) is 61.6 Å². The van der Waals surface area contributed by atoms with Crippen molar-refractivity contribution in [3.63, 3.8) is 0 Å². The number of ether oxygens (including phenoxy) is 2. The zero-order valence-corrected chi connectivity index (χ0v) is 10.2. The molecule has 1 aromatic carbocycles. The normalized spacial score (nSPS) is 16.9. The Morgan fingerprint density at radius 1 is 1.39 bits per heavy atom. The van der Waals surface area contributed by atoms with Crippen LogP contribution < -0.4 is 5.73 Å². The number of nitrogen functional groups attached to an aromatic ring is 1. The summed E-state index contributed by atoms with van der Waals surface area (Å²) >= 11 is 0. The molecule has 0 saturated carbocycles. The molecule has 2 N–H and O–H groups in total. The minimum absolute atomic E-state index is 0.0169. The van der Waals surface area contributed by atoms with E-state index >= 15 is 0 Å². The van der Waals surface area contributed by atoms with Crippen LogP contribution in [0.25, 0.3) is 6.08 Å². The molecule has 96 valence electrons. The van der Waals surface area contributed by atoms with Crippen LogP contribution in [0.2, 0.25) is 0 Å². The number of anilines is 1. The van der Waals surface area contributed by atoms with E-state index in [9.17, 15) is 4.79 Å². The lowest BCUT2D eigenvalue weighted by molar-refractivity contribution is -0.146. The van der Waals surface area contributed by atoms with E-state index < -0.39 is 0 Å². The van der Waals surface area contributed by atoms with Crippen molar-refractivity contribution >= 4 is 17.7 Å². The van der Waals surface area contributed by atoms with Crippen LogP contribution in [0.1, 0.15) is 18.4 Å². The number of carbonyl (C=O) groups is 1. The Morgan fingerprint density at radius 2 is 2.17 bits per heavy atom. The molecule has 0 amide bonds. The van der Waals surface area contributed by atoms with Gasteiger partial charge in [-0.1, -0.05) is 12.1 Å². The Labute approximate surface area is 106 Å². The molecule has 0 aromatic heterocycles. The van der Waals surface area contributed by atoms with Gasteiger partial charge in [-0.05, 0) is 23.8 Å². The van der Waals surface area contributed by atoms with Crippen LogP contribution in [0, 0.1) is 0 Å². The quantitative estimate of drug-likeness (QED) is 0.504. The summed E-state index contributed by atoms with van der Waals surface area (Å²) in [5.74, 6) is -0.315. The van der Waals surface area contributed by atoms with E-state index in [2.05, 4.69) is 0 Å². The van der Waals surface area contributed by atoms with Gasteiger partial charge in [-0.2, -0.15) is 0 Å². The second kappa shape index (κ2) is 6.21. The van der Waals surface area contributed by atoms with Crippen LogP contribution >= 0.6 is 0 Å². The Morgan fingerprint density at radius 3 is 2.89 bits per heavy atom. The molecule has 0 atom stereocenters. The van der Waals surface area contributed by atoms with Crippen molar-refractivity contribution in [1.82, 2.24) is 0 Å². The number of benzene rings is 1.